The summed E-state index contributed by atoms with van der Waals surface area (Å²) in [4.78, 5) is -0.149. The Balaban J connectivity index is 2.20. The average Bonchev–Trinajstić information content (AvgIpc) is 2.65. The predicted octanol–water partition coefficient (Wildman–Crippen LogP) is 2.16. The molecule has 17 heavy (non-hydrogen) atoms. The van der Waals surface area contributed by atoms with Gasteiger partial charge in [-0.05, 0) is 40.8 Å². The summed E-state index contributed by atoms with van der Waals surface area (Å²) in [6.07, 6.45) is 0.689. The molecule has 0 spiro atoms. The molecular weight excluding hydrogens is 236 g/mol. The Kier molecular flexibility index (Phi) is 2.11. The average molecular weight is 245 g/mol. The van der Waals surface area contributed by atoms with E-state index in [1.54, 1.807) is 6.07 Å². The lowest BCUT2D eigenvalue weighted by atomic mass is 10.1. The van der Waals surface area contributed by atoms with E-state index >= 15 is 0 Å². The van der Waals surface area contributed by atoms with Gasteiger partial charge in [-0.15, -0.1) is 0 Å². The molecule has 0 saturated carbocycles. The zero-order chi connectivity index (χ0) is 12.0. The van der Waals surface area contributed by atoms with Gasteiger partial charge in [0.2, 0.25) is 0 Å². The summed E-state index contributed by atoms with van der Waals surface area (Å²) in [5.74, 6) is 0. The van der Waals surface area contributed by atoms with Gasteiger partial charge in [0, 0.05) is 0 Å². The highest BCUT2D eigenvalue weighted by Gasteiger charge is 2.18. The molecule has 86 valence electrons. The van der Waals surface area contributed by atoms with Crippen molar-refractivity contribution in [1.29, 1.82) is 0 Å². The third-order valence-electron chi connectivity index (χ3n) is 3.05. The lowest BCUT2D eigenvalue weighted by Gasteiger charge is -2.08. The van der Waals surface area contributed by atoms with Gasteiger partial charge in [-0.2, -0.15) is 0 Å². The first-order chi connectivity index (χ1) is 8.05. The summed E-state index contributed by atoms with van der Waals surface area (Å²) in [6, 6.07) is 12.5. The molecule has 1 aliphatic carbocycles. The van der Waals surface area contributed by atoms with Gasteiger partial charge in [-0.3, -0.25) is 0 Å². The standard InChI is InChI=1S/C13H10O3S/c14-17(15,16)11-5-6-13-10(8-11)7-9-3-1-2-4-12(9)13/h1-6,8H,7H2,(H,14,15,16)/p-1. The first kappa shape index (κ1) is 10.5. The molecule has 2 aromatic carbocycles. The molecule has 0 radical (unpaired) electrons. The van der Waals surface area contributed by atoms with Crippen molar-refractivity contribution >= 4 is 10.1 Å². The van der Waals surface area contributed by atoms with Crippen molar-refractivity contribution in [2.75, 3.05) is 0 Å². The van der Waals surface area contributed by atoms with Crippen LogP contribution in [0, 0.1) is 0 Å². The largest absolute Gasteiger partial charge is 0.744 e. The molecule has 0 N–H and O–H groups in total. The third kappa shape index (κ3) is 1.66. The normalized spacial score (nSPS) is 13.2. The fourth-order valence-electron chi connectivity index (χ4n) is 2.28. The number of hydrogen-bond acceptors (Lipinski definition) is 3. The van der Waals surface area contributed by atoms with Crippen molar-refractivity contribution in [2.45, 2.75) is 11.3 Å². The van der Waals surface area contributed by atoms with Gasteiger partial charge in [-0.25, -0.2) is 8.42 Å². The Morgan fingerprint density at radius 2 is 1.65 bits per heavy atom. The molecule has 0 atom stereocenters. The minimum Gasteiger partial charge on any atom is -0.744 e. The molecule has 0 saturated heterocycles. The summed E-state index contributed by atoms with van der Waals surface area (Å²) in [5.41, 5.74) is 4.22. The quantitative estimate of drug-likeness (QED) is 0.617. The Morgan fingerprint density at radius 1 is 0.941 bits per heavy atom. The van der Waals surface area contributed by atoms with E-state index < -0.39 is 10.1 Å². The molecule has 0 heterocycles. The van der Waals surface area contributed by atoms with Crippen LogP contribution in [0.4, 0.5) is 0 Å². The van der Waals surface area contributed by atoms with Gasteiger partial charge in [0.05, 0.1) is 4.90 Å². The smallest absolute Gasteiger partial charge is 0.124 e. The van der Waals surface area contributed by atoms with Crippen molar-refractivity contribution in [3.63, 3.8) is 0 Å². The second kappa shape index (κ2) is 3.42. The number of rotatable bonds is 1. The SMILES string of the molecule is O=S(=O)([O-])c1ccc2c(c1)Cc1ccccc1-2. The number of hydrogen-bond donors (Lipinski definition) is 0. The molecule has 1 aliphatic rings. The van der Waals surface area contributed by atoms with E-state index in [0.29, 0.717) is 6.42 Å². The summed E-state index contributed by atoms with van der Waals surface area (Å²) < 4.78 is 32.9. The maximum atomic E-state index is 11.0. The first-order valence-corrected chi connectivity index (χ1v) is 6.63. The summed E-state index contributed by atoms with van der Waals surface area (Å²) >= 11 is 0. The van der Waals surface area contributed by atoms with E-state index in [1.807, 2.05) is 24.3 Å². The predicted molar refractivity (Wildman–Crippen MR) is 62.6 cm³/mol. The van der Waals surface area contributed by atoms with Crippen LogP contribution in [0.1, 0.15) is 11.1 Å². The molecule has 0 bridgehead atoms. The molecule has 0 unspecified atom stereocenters. The van der Waals surface area contributed by atoms with Crippen LogP contribution in [0.2, 0.25) is 0 Å². The first-order valence-electron chi connectivity index (χ1n) is 5.23. The van der Waals surface area contributed by atoms with Gasteiger partial charge in [-0.1, -0.05) is 30.3 Å². The summed E-state index contributed by atoms with van der Waals surface area (Å²) in [5, 5.41) is 0. The number of fused-ring (bicyclic) bond motifs is 3. The maximum absolute atomic E-state index is 11.0. The minimum absolute atomic E-state index is 0.149. The van der Waals surface area contributed by atoms with Crippen molar-refractivity contribution in [2.24, 2.45) is 0 Å². The highest BCUT2D eigenvalue weighted by Crippen LogP contribution is 2.37. The molecule has 0 fully saturated rings. The summed E-state index contributed by atoms with van der Waals surface area (Å²) in [7, 11) is -4.36. The van der Waals surface area contributed by atoms with Gasteiger partial charge in [0.1, 0.15) is 10.1 Å². The van der Waals surface area contributed by atoms with E-state index in [-0.39, 0.29) is 4.90 Å². The van der Waals surface area contributed by atoms with Crippen LogP contribution in [-0.4, -0.2) is 13.0 Å². The Bertz CT molecular complexity index is 702. The molecule has 0 aliphatic heterocycles. The van der Waals surface area contributed by atoms with Gasteiger partial charge < -0.3 is 4.55 Å². The molecular formula is C13H9O3S-. The Labute approximate surface area is 99.5 Å². The van der Waals surface area contributed by atoms with Gasteiger partial charge in [0.25, 0.3) is 0 Å². The van der Waals surface area contributed by atoms with Crippen molar-refractivity contribution < 1.29 is 13.0 Å². The molecule has 3 nitrogen and oxygen atoms in total. The minimum atomic E-state index is -4.36. The van der Waals surface area contributed by atoms with Crippen LogP contribution in [0.15, 0.2) is 47.4 Å². The number of benzene rings is 2. The van der Waals surface area contributed by atoms with E-state index in [1.165, 1.54) is 17.7 Å². The molecule has 2 aromatic rings. The Hall–Kier alpha value is -1.65. The van der Waals surface area contributed by atoms with Crippen molar-refractivity contribution in [3.05, 3.63) is 53.6 Å². The van der Waals surface area contributed by atoms with Crippen LogP contribution in [-0.2, 0) is 16.5 Å². The van der Waals surface area contributed by atoms with E-state index in [9.17, 15) is 13.0 Å². The topological polar surface area (TPSA) is 57.2 Å². The van der Waals surface area contributed by atoms with Gasteiger partial charge in [0.15, 0.2) is 0 Å². The highest BCUT2D eigenvalue weighted by atomic mass is 32.2. The lowest BCUT2D eigenvalue weighted by molar-refractivity contribution is 0.463. The van der Waals surface area contributed by atoms with Crippen LogP contribution in [0.3, 0.4) is 0 Å². The Morgan fingerprint density at radius 3 is 2.41 bits per heavy atom. The van der Waals surface area contributed by atoms with Crippen molar-refractivity contribution in [1.82, 2.24) is 0 Å². The molecule has 0 aromatic heterocycles. The van der Waals surface area contributed by atoms with Crippen LogP contribution in [0.5, 0.6) is 0 Å². The van der Waals surface area contributed by atoms with Crippen molar-refractivity contribution in [3.8, 4) is 11.1 Å². The maximum Gasteiger partial charge on any atom is 0.124 e. The highest BCUT2D eigenvalue weighted by molar-refractivity contribution is 7.85. The monoisotopic (exact) mass is 245 g/mol. The third-order valence-corrected chi connectivity index (χ3v) is 3.89. The lowest BCUT2D eigenvalue weighted by Crippen LogP contribution is -1.99. The zero-order valence-corrected chi connectivity index (χ0v) is 9.70. The second-order valence-corrected chi connectivity index (χ2v) is 5.49. The second-order valence-electron chi connectivity index (χ2n) is 4.11. The van der Waals surface area contributed by atoms with E-state index in [2.05, 4.69) is 0 Å². The molecule has 0 amide bonds. The van der Waals surface area contributed by atoms with Crippen LogP contribution < -0.4 is 0 Å². The van der Waals surface area contributed by atoms with E-state index in [0.717, 1.165) is 16.7 Å². The van der Waals surface area contributed by atoms with Gasteiger partial charge >= 0.3 is 0 Å². The fourth-order valence-corrected chi connectivity index (χ4v) is 2.80. The van der Waals surface area contributed by atoms with E-state index in [4.69, 9.17) is 0 Å². The van der Waals surface area contributed by atoms with Crippen LogP contribution >= 0.6 is 0 Å². The molecule has 3 rings (SSSR count). The fraction of sp³-hybridized carbons (Fsp3) is 0.0769. The molecule has 4 heteroatoms. The summed E-state index contributed by atoms with van der Waals surface area (Å²) in [6.45, 7) is 0. The van der Waals surface area contributed by atoms with Crippen LogP contribution in [0.25, 0.3) is 11.1 Å². The zero-order valence-electron chi connectivity index (χ0n) is 8.88.